The van der Waals surface area contributed by atoms with Crippen LogP contribution in [-0.4, -0.2) is 18.2 Å². The summed E-state index contributed by atoms with van der Waals surface area (Å²) in [5, 5.41) is 9.02. The molecule has 0 saturated heterocycles. The Bertz CT molecular complexity index is 459. The van der Waals surface area contributed by atoms with Crippen molar-refractivity contribution in [2.75, 3.05) is 0 Å². The Kier molecular flexibility index (Phi) is 2.68. The SMILES string of the molecule is C=Cc1c(B2OC=CO2)cccc1C(=O)O. The van der Waals surface area contributed by atoms with Gasteiger partial charge in [-0.1, -0.05) is 24.8 Å². The van der Waals surface area contributed by atoms with Gasteiger partial charge in [-0.25, -0.2) is 4.79 Å². The molecular weight excluding hydrogens is 207 g/mol. The van der Waals surface area contributed by atoms with Gasteiger partial charge in [-0.15, -0.1) is 0 Å². The molecule has 0 aliphatic carbocycles. The molecule has 1 aliphatic rings. The van der Waals surface area contributed by atoms with Crippen molar-refractivity contribution in [3.05, 3.63) is 48.4 Å². The van der Waals surface area contributed by atoms with Gasteiger partial charge in [0.05, 0.1) is 18.1 Å². The molecule has 0 unspecified atom stereocenters. The normalized spacial score (nSPS) is 13.1. The highest BCUT2D eigenvalue weighted by Crippen LogP contribution is 2.12. The van der Waals surface area contributed by atoms with E-state index >= 15 is 0 Å². The fraction of sp³-hybridized carbons (Fsp3) is 0. The minimum absolute atomic E-state index is 0.187. The average molecular weight is 216 g/mol. The van der Waals surface area contributed by atoms with E-state index in [1.807, 2.05) is 0 Å². The van der Waals surface area contributed by atoms with Gasteiger partial charge >= 0.3 is 13.1 Å². The van der Waals surface area contributed by atoms with Crippen LogP contribution >= 0.6 is 0 Å². The zero-order chi connectivity index (χ0) is 11.5. The van der Waals surface area contributed by atoms with Crippen LogP contribution < -0.4 is 5.46 Å². The molecule has 0 fully saturated rings. The molecule has 0 amide bonds. The summed E-state index contributed by atoms with van der Waals surface area (Å²) in [4.78, 5) is 11.0. The minimum Gasteiger partial charge on any atom is -0.525 e. The second-order valence-electron chi connectivity index (χ2n) is 3.19. The second kappa shape index (κ2) is 4.14. The molecule has 1 N–H and O–H groups in total. The van der Waals surface area contributed by atoms with Crippen LogP contribution in [-0.2, 0) is 9.31 Å². The second-order valence-corrected chi connectivity index (χ2v) is 3.19. The molecule has 0 radical (unpaired) electrons. The van der Waals surface area contributed by atoms with Gasteiger partial charge in [-0.3, -0.25) is 0 Å². The van der Waals surface area contributed by atoms with Crippen molar-refractivity contribution < 1.29 is 19.2 Å². The standard InChI is InChI=1S/C11H9BO4/c1-2-8-9(11(13)14)4-3-5-10(8)12-15-6-7-16-12/h2-7H,1H2,(H,13,14). The zero-order valence-corrected chi connectivity index (χ0v) is 8.42. The highest BCUT2D eigenvalue weighted by molar-refractivity contribution is 6.63. The molecule has 1 aliphatic heterocycles. The number of hydrogen-bond donors (Lipinski definition) is 1. The largest absolute Gasteiger partial charge is 0.632 e. The van der Waals surface area contributed by atoms with Gasteiger partial charge in [-0.05, 0) is 11.6 Å². The van der Waals surface area contributed by atoms with E-state index in [2.05, 4.69) is 6.58 Å². The Morgan fingerprint density at radius 1 is 1.38 bits per heavy atom. The van der Waals surface area contributed by atoms with E-state index in [9.17, 15) is 4.79 Å². The van der Waals surface area contributed by atoms with Crippen LogP contribution in [0, 0.1) is 0 Å². The first-order valence-electron chi connectivity index (χ1n) is 4.68. The lowest BCUT2D eigenvalue weighted by Gasteiger charge is -2.10. The van der Waals surface area contributed by atoms with Crippen molar-refractivity contribution in [2.24, 2.45) is 0 Å². The molecule has 16 heavy (non-hydrogen) atoms. The van der Waals surface area contributed by atoms with Crippen LogP contribution in [0.5, 0.6) is 0 Å². The van der Waals surface area contributed by atoms with E-state index in [1.165, 1.54) is 24.7 Å². The van der Waals surface area contributed by atoms with Crippen molar-refractivity contribution in [2.45, 2.75) is 0 Å². The first-order valence-corrected chi connectivity index (χ1v) is 4.68. The number of hydrogen-bond acceptors (Lipinski definition) is 3. The van der Waals surface area contributed by atoms with Gasteiger partial charge < -0.3 is 14.4 Å². The topological polar surface area (TPSA) is 55.8 Å². The summed E-state index contributed by atoms with van der Waals surface area (Å²) in [5.41, 5.74) is 1.36. The first kappa shape index (κ1) is 10.4. The van der Waals surface area contributed by atoms with E-state index in [-0.39, 0.29) is 5.56 Å². The number of benzene rings is 1. The molecular formula is C11H9BO4. The predicted octanol–water partition coefficient (Wildman–Crippen LogP) is 1.24. The molecule has 0 atom stereocenters. The van der Waals surface area contributed by atoms with Crippen LogP contribution in [0.25, 0.3) is 6.08 Å². The van der Waals surface area contributed by atoms with Crippen molar-refractivity contribution in [1.82, 2.24) is 0 Å². The summed E-state index contributed by atoms with van der Waals surface area (Å²) in [6.07, 6.45) is 4.33. The lowest BCUT2D eigenvalue weighted by molar-refractivity contribution is 0.0697. The highest BCUT2D eigenvalue weighted by Gasteiger charge is 2.30. The molecule has 1 heterocycles. The van der Waals surface area contributed by atoms with Crippen LogP contribution in [0.1, 0.15) is 15.9 Å². The molecule has 0 spiro atoms. The Labute approximate surface area is 92.9 Å². The van der Waals surface area contributed by atoms with Crippen LogP contribution in [0.4, 0.5) is 0 Å². The Hall–Kier alpha value is -2.17. The van der Waals surface area contributed by atoms with Gasteiger partial charge in [0.15, 0.2) is 0 Å². The third kappa shape index (κ3) is 1.67. The van der Waals surface area contributed by atoms with Crippen molar-refractivity contribution >= 4 is 24.6 Å². The van der Waals surface area contributed by atoms with Gasteiger partial charge in [0.2, 0.25) is 0 Å². The fourth-order valence-electron chi connectivity index (χ4n) is 1.59. The van der Waals surface area contributed by atoms with E-state index in [0.717, 1.165) is 0 Å². The average Bonchev–Trinajstić information content (AvgIpc) is 2.81. The Balaban J connectivity index is 2.48. The number of aromatic carboxylic acids is 1. The minimum atomic E-state index is -0.997. The fourth-order valence-corrected chi connectivity index (χ4v) is 1.59. The third-order valence-electron chi connectivity index (χ3n) is 2.29. The highest BCUT2D eigenvalue weighted by atomic mass is 16.6. The molecule has 80 valence electrons. The number of rotatable bonds is 3. The molecule has 0 bridgehead atoms. The zero-order valence-electron chi connectivity index (χ0n) is 8.42. The van der Waals surface area contributed by atoms with E-state index in [0.29, 0.717) is 11.0 Å². The smallest absolute Gasteiger partial charge is 0.525 e. The predicted molar refractivity (Wildman–Crippen MR) is 60.2 cm³/mol. The maximum Gasteiger partial charge on any atom is 0.632 e. The van der Waals surface area contributed by atoms with Crippen molar-refractivity contribution in [3.8, 4) is 0 Å². The summed E-state index contributed by atoms with van der Waals surface area (Å²) in [5.74, 6) is -0.997. The van der Waals surface area contributed by atoms with Gasteiger partial charge in [0.1, 0.15) is 0 Å². The summed E-state index contributed by atoms with van der Waals surface area (Å²) in [6, 6.07) is 4.92. The molecule has 1 aromatic rings. The van der Waals surface area contributed by atoms with Crippen molar-refractivity contribution in [1.29, 1.82) is 0 Å². The van der Waals surface area contributed by atoms with Crippen LogP contribution in [0.3, 0.4) is 0 Å². The Morgan fingerprint density at radius 2 is 2.06 bits per heavy atom. The third-order valence-corrected chi connectivity index (χ3v) is 2.29. The molecule has 0 aromatic heterocycles. The van der Waals surface area contributed by atoms with Crippen LogP contribution in [0.2, 0.25) is 0 Å². The monoisotopic (exact) mass is 216 g/mol. The van der Waals surface area contributed by atoms with Gasteiger partial charge in [0, 0.05) is 5.46 Å². The van der Waals surface area contributed by atoms with Gasteiger partial charge in [0.25, 0.3) is 0 Å². The quantitative estimate of drug-likeness (QED) is 0.772. The molecule has 2 rings (SSSR count). The van der Waals surface area contributed by atoms with E-state index < -0.39 is 13.1 Å². The number of carboxylic acid groups (broad SMARTS) is 1. The maximum absolute atomic E-state index is 11.0. The Morgan fingerprint density at radius 3 is 2.62 bits per heavy atom. The summed E-state index contributed by atoms with van der Waals surface area (Å²) in [6.45, 7) is 3.61. The lowest BCUT2D eigenvalue weighted by Crippen LogP contribution is -2.34. The maximum atomic E-state index is 11.0. The lowest BCUT2D eigenvalue weighted by atomic mass is 9.75. The number of carboxylic acids is 1. The molecule has 4 nitrogen and oxygen atoms in total. The van der Waals surface area contributed by atoms with Crippen LogP contribution in [0.15, 0.2) is 37.3 Å². The molecule has 5 heteroatoms. The van der Waals surface area contributed by atoms with E-state index in [1.54, 1.807) is 12.1 Å². The summed E-state index contributed by atoms with van der Waals surface area (Å²) >= 11 is 0. The summed E-state index contributed by atoms with van der Waals surface area (Å²) in [7, 11) is -0.590. The molecule has 1 aromatic carbocycles. The number of carbonyl (C=O) groups is 1. The van der Waals surface area contributed by atoms with E-state index in [4.69, 9.17) is 14.4 Å². The first-order chi connectivity index (χ1) is 7.74. The molecule has 0 saturated carbocycles. The summed E-state index contributed by atoms with van der Waals surface area (Å²) < 4.78 is 10.3. The van der Waals surface area contributed by atoms with Crippen molar-refractivity contribution in [3.63, 3.8) is 0 Å². The van der Waals surface area contributed by atoms with Gasteiger partial charge in [-0.2, -0.15) is 0 Å².